The standard InChI is InChI=1S/C44H54N4O3/c1-3-4-5-6-7-8-9-10-11-12-13-14-35-29-38(42(35)45-2)33-19-15-31(16-20-33)28-40-44(51)48-30-41(34-21-25-37(50)26-22-34)46-39(43(48)47-40)27-32-17-23-36(49)24-18-32/h15-26,29,35,40,47,49-50H,3-14,27-28,30H2,1-2H3. The highest BCUT2D eigenvalue weighted by Gasteiger charge is 2.40. The van der Waals surface area contributed by atoms with Crippen LogP contribution in [-0.4, -0.2) is 52.1 Å². The fourth-order valence-corrected chi connectivity index (χ4v) is 7.58. The van der Waals surface area contributed by atoms with Crippen molar-refractivity contribution >= 4 is 22.9 Å². The van der Waals surface area contributed by atoms with E-state index in [0.29, 0.717) is 25.3 Å². The van der Waals surface area contributed by atoms with Crippen LogP contribution in [0, 0.1) is 5.92 Å². The zero-order chi connectivity index (χ0) is 35.6. The lowest BCUT2D eigenvalue weighted by Gasteiger charge is -2.28. The van der Waals surface area contributed by atoms with Gasteiger partial charge in [-0.2, -0.15) is 0 Å². The number of fused-ring (bicyclic) bond motifs is 1. The van der Waals surface area contributed by atoms with E-state index in [1.807, 2.05) is 36.2 Å². The first-order valence-corrected chi connectivity index (χ1v) is 19.2. The van der Waals surface area contributed by atoms with Gasteiger partial charge in [-0.15, -0.1) is 0 Å². The van der Waals surface area contributed by atoms with Crippen LogP contribution < -0.4 is 5.32 Å². The van der Waals surface area contributed by atoms with Crippen LogP contribution in [-0.2, 0) is 17.6 Å². The minimum absolute atomic E-state index is 0.0239. The number of amides is 1. The number of phenols is 2. The van der Waals surface area contributed by atoms with Gasteiger partial charge in [-0.05, 0) is 70.6 Å². The number of phenolic OH excluding ortho intramolecular Hbond substituents is 2. The van der Waals surface area contributed by atoms with Gasteiger partial charge in [0.1, 0.15) is 23.4 Å². The Kier molecular flexibility index (Phi) is 12.4. The number of rotatable bonds is 18. The highest BCUT2D eigenvalue weighted by atomic mass is 16.3. The maximum absolute atomic E-state index is 13.9. The molecule has 3 aromatic rings. The maximum Gasteiger partial charge on any atom is 0.251 e. The molecule has 1 saturated heterocycles. The molecule has 0 aromatic heterocycles. The summed E-state index contributed by atoms with van der Waals surface area (Å²) >= 11 is 0. The first-order valence-electron chi connectivity index (χ1n) is 19.2. The van der Waals surface area contributed by atoms with E-state index in [1.165, 1.54) is 93.9 Å². The minimum Gasteiger partial charge on any atom is -0.508 e. The van der Waals surface area contributed by atoms with Gasteiger partial charge >= 0.3 is 0 Å². The van der Waals surface area contributed by atoms with Gasteiger partial charge in [-0.1, -0.05) is 120 Å². The number of hydrogen-bond donors (Lipinski definition) is 3. The van der Waals surface area contributed by atoms with Crippen molar-refractivity contribution < 1.29 is 15.0 Å². The molecule has 3 aromatic carbocycles. The smallest absolute Gasteiger partial charge is 0.251 e. The van der Waals surface area contributed by atoms with Crippen molar-refractivity contribution in [3.63, 3.8) is 0 Å². The predicted octanol–water partition coefficient (Wildman–Crippen LogP) is 9.14. The van der Waals surface area contributed by atoms with Crippen LogP contribution in [0.3, 0.4) is 0 Å². The SMILES string of the molecule is CCCCCCCCCCCCCC1C=C(c2ccc(CC3NC4=C(Cc5ccc(O)cc5)N=C(c5ccc(O)cc5)CN4C3=O)cc2)C1=NC. The zero-order valence-corrected chi connectivity index (χ0v) is 30.4. The number of hydrogen-bond acceptors (Lipinski definition) is 6. The van der Waals surface area contributed by atoms with Gasteiger partial charge in [0.25, 0.3) is 5.91 Å². The molecular weight excluding hydrogens is 633 g/mol. The normalized spacial score (nSPS) is 19.1. The Hall–Kier alpha value is -4.65. The second-order valence-corrected chi connectivity index (χ2v) is 14.4. The Morgan fingerprint density at radius 3 is 1.96 bits per heavy atom. The highest BCUT2D eigenvalue weighted by molar-refractivity contribution is 6.31. The van der Waals surface area contributed by atoms with Crippen LogP contribution in [0.25, 0.3) is 5.57 Å². The molecule has 6 rings (SSSR count). The van der Waals surface area contributed by atoms with Crippen LogP contribution in [0.4, 0.5) is 0 Å². The molecule has 7 nitrogen and oxygen atoms in total. The second kappa shape index (κ2) is 17.5. The van der Waals surface area contributed by atoms with Crippen LogP contribution in [0.5, 0.6) is 11.5 Å². The van der Waals surface area contributed by atoms with Crippen LogP contribution in [0.15, 0.2) is 100 Å². The van der Waals surface area contributed by atoms with Gasteiger partial charge in [-0.25, -0.2) is 0 Å². The number of carbonyl (C=O) groups excluding carboxylic acids is 1. The van der Waals surface area contributed by atoms with Crippen molar-refractivity contribution in [3.8, 4) is 11.5 Å². The average Bonchev–Trinajstić information content (AvgIpc) is 3.44. The van der Waals surface area contributed by atoms with Crippen molar-refractivity contribution in [2.45, 2.75) is 103 Å². The van der Waals surface area contributed by atoms with Crippen LogP contribution in [0.1, 0.15) is 106 Å². The summed E-state index contributed by atoms with van der Waals surface area (Å²) in [6.45, 7) is 2.63. The molecule has 3 aliphatic rings. The molecule has 0 radical (unpaired) electrons. The quantitative estimate of drug-likeness (QED) is 0.116. The minimum atomic E-state index is -0.402. The third-order valence-corrected chi connectivity index (χ3v) is 10.6. The fourth-order valence-electron chi connectivity index (χ4n) is 7.58. The lowest BCUT2D eigenvalue weighted by molar-refractivity contribution is -0.127. The van der Waals surface area contributed by atoms with Gasteiger partial charge in [0, 0.05) is 31.5 Å². The Morgan fingerprint density at radius 2 is 1.33 bits per heavy atom. The summed E-state index contributed by atoms with van der Waals surface area (Å²) in [5.74, 6) is 1.62. The lowest BCUT2D eigenvalue weighted by Crippen LogP contribution is -2.36. The van der Waals surface area contributed by atoms with Crippen molar-refractivity contribution in [3.05, 3.63) is 113 Å². The summed E-state index contributed by atoms with van der Waals surface area (Å²) in [5, 5.41) is 23.1. The molecule has 0 spiro atoms. The molecule has 0 bridgehead atoms. The topological polar surface area (TPSA) is 97.5 Å². The molecule has 2 atom stereocenters. The second-order valence-electron chi connectivity index (χ2n) is 14.4. The number of aromatic hydroxyl groups is 2. The van der Waals surface area contributed by atoms with Crippen molar-refractivity contribution in [1.82, 2.24) is 10.2 Å². The Morgan fingerprint density at radius 1 is 0.765 bits per heavy atom. The van der Waals surface area contributed by atoms with Crippen molar-refractivity contribution in [1.29, 1.82) is 0 Å². The van der Waals surface area contributed by atoms with Crippen molar-refractivity contribution in [2.24, 2.45) is 15.9 Å². The zero-order valence-electron chi connectivity index (χ0n) is 30.4. The molecule has 1 aliphatic carbocycles. The predicted molar refractivity (Wildman–Crippen MR) is 208 cm³/mol. The summed E-state index contributed by atoms with van der Waals surface area (Å²) in [7, 11) is 1.91. The third-order valence-electron chi connectivity index (χ3n) is 10.6. The van der Waals surface area contributed by atoms with E-state index < -0.39 is 6.04 Å². The Labute approximate surface area is 303 Å². The summed E-state index contributed by atoms with van der Waals surface area (Å²) < 4.78 is 0. The first-order chi connectivity index (χ1) is 24.9. The monoisotopic (exact) mass is 686 g/mol. The fraction of sp³-hybridized carbons (Fsp3) is 0.432. The lowest BCUT2D eigenvalue weighted by atomic mass is 9.77. The Bertz CT molecular complexity index is 1750. The molecule has 1 fully saturated rings. The third kappa shape index (κ3) is 9.18. The summed E-state index contributed by atoms with van der Waals surface area (Å²) in [6.07, 6.45) is 19.6. The van der Waals surface area contributed by atoms with E-state index in [2.05, 4.69) is 47.6 Å². The number of unbranched alkanes of at least 4 members (excludes halogenated alkanes) is 10. The molecule has 2 aliphatic heterocycles. The van der Waals surface area contributed by atoms with Gasteiger partial charge in [-0.3, -0.25) is 19.7 Å². The van der Waals surface area contributed by atoms with Crippen molar-refractivity contribution in [2.75, 3.05) is 13.6 Å². The Balaban J connectivity index is 1.04. The first kappa shape index (κ1) is 36.2. The average molecular weight is 687 g/mol. The van der Waals surface area contributed by atoms with Crippen LogP contribution >= 0.6 is 0 Å². The largest absolute Gasteiger partial charge is 0.508 e. The van der Waals surface area contributed by atoms with Gasteiger partial charge in [0.15, 0.2) is 0 Å². The van der Waals surface area contributed by atoms with E-state index in [9.17, 15) is 15.0 Å². The highest BCUT2D eigenvalue weighted by Crippen LogP contribution is 2.35. The summed E-state index contributed by atoms with van der Waals surface area (Å²) in [4.78, 5) is 25.4. The maximum atomic E-state index is 13.9. The number of carbonyl (C=O) groups is 1. The molecule has 3 N–H and O–H groups in total. The van der Waals surface area contributed by atoms with E-state index >= 15 is 0 Å². The number of allylic oxidation sites excluding steroid dienone is 3. The van der Waals surface area contributed by atoms with Crippen LogP contribution in [0.2, 0.25) is 0 Å². The number of benzene rings is 3. The number of nitrogens with zero attached hydrogens (tertiary/aromatic N) is 3. The van der Waals surface area contributed by atoms with E-state index in [-0.39, 0.29) is 17.4 Å². The van der Waals surface area contributed by atoms with Gasteiger partial charge in [0.05, 0.1) is 18.0 Å². The van der Waals surface area contributed by atoms with E-state index in [1.54, 1.807) is 24.3 Å². The summed E-state index contributed by atoms with van der Waals surface area (Å²) in [6, 6.07) is 22.2. The molecule has 0 saturated carbocycles. The number of aliphatic imine (C=N–C) groups is 2. The van der Waals surface area contributed by atoms with E-state index in [4.69, 9.17) is 4.99 Å². The molecule has 268 valence electrons. The molecule has 2 heterocycles. The van der Waals surface area contributed by atoms with E-state index in [0.717, 1.165) is 33.9 Å². The van der Waals surface area contributed by atoms with Gasteiger partial charge in [0.2, 0.25) is 0 Å². The summed E-state index contributed by atoms with van der Waals surface area (Å²) in [5.41, 5.74) is 8.14. The molecule has 51 heavy (non-hydrogen) atoms. The molecule has 1 amide bonds. The molecule has 7 heteroatoms. The van der Waals surface area contributed by atoms with Gasteiger partial charge < -0.3 is 15.5 Å². The molecular formula is C44H54N4O3. The number of nitrogens with one attached hydrogen (secondary N) is 1. The molecule has 2 unspecified atom stereocenters.